The molecule has 0 saturated carbocycles. The summed E-state index contributed by atoms with van der Waals surface area (Å²) in [5.74, 6) is -3.22. The number of anilines is 1. The molecule has 1 saturated heterocycles. The Kier molecular flexibility index (Phi) is 2.55. The van der Waals surface area contributed by atoms with Crippen LogP contribution in [-0.4, -0.2) is 23.5 Å². The van der Waals surface area contributed by atoms with E-state index in [4.69, 9.17) is 16.7 Å². The number of carboxylic acid groups (broad SMARTS) is 1. The SMILES string of the molecule is O=C(O)C1CN(c2ccc(F)c(Cl)c2)C1=O. The van der Waals surface area contributed by atoms with Crippen LogP contribution < -0.4 is 4.90 Å². The van der Waals surface area contributed by atoms with Gasteiger partial charge in [-0.2, -0.15) is 0 Å². The molecule has 0 aromatic heterocycles. The molecule has 2 rings (SSSR count). The van der Waals surface area contributed by atoms with E-state index in [1.165, 1.54) is 17.0 Å². The highest BCUT2D eigenvalue weighted by molar-refractivity contribution is 6.31. The van der Waals surface area contributed by atoms with Gasteiger partial charge in [-0.3, -0.25) is 9.59 Å². The zero-order chi connectivity index (χ0) is 11.9. The van der Waals surface area contributed by atoms with Gasteiger partial charge in [0, 0.05) is 12.2 Å². The average molecular weight is 244 g/mol. The number of nitrogens with zero attached hydrogens (tertiary/aromatic N) is 1. The van der Waals surface area contributed by atoms with Crippen LogP contribution >= 0.6 is 11.6 Å². The number of amides is 1. The molecule has 1 heterocycles. The fourth-order valence-corrected chi connectivity index (χ4v) is 1.67. The van der Waals surface area contributed by atoms with Gasteiger partial charge in [0.1, 0.15) is 5.82 Å². The van der Waals surface area contributed by atoms with Crippen molar-refractivity contribution in [1.29, 1.82) is 0 Å². The summed E-state index contributed by atoms with van der Waals surface area (Å²) in [6.07, 6.45) is 0. The van der Waals surface area contributed by atoms with Crippen molar-refractivity contribution in [3.05, 3.63) is 29.0 Å². The van der Waals surface area contributed by atoms with Crippen LogP contribution in [0.2, 0.25) is 5.02 Å². The quantitative estimate of drug-likeness (QED) is 0.633. The van der Waals surface area contributed by atoms with Gasteiger partial charge in [0.2, 0.25) is 5.91 Å². The van der Waals surface area contributed by atoms with E-state index in [2.05, 4.69) is 0 Å². The molecule has 1 unspecified atom stereocenters. The molecule has 4 nitrogen and oxygen atoms in total. The molecule has 0 bridgehead atoms. The number of benzene rings is 1. The monoisotopic (exact) mass is 243 g/mol. The Bertz CT molecular complexity index is 477. The van der Waals surface area contributed by atoms with Crippen molar-refractivity contribution in [3.8, 4) is 0 Å². The highest BCUT2D eigenvalue weighted by Crippen LogP contribution is 2.29. The second-order valence-electron chi connectivity index (χ2n) is 3.44. The Balaban J connectivity index is 2.19. The van der Waals surface area contributed by atoms with Crippen LogP contribution in [0.4, 0.5) is 10.1 Å². The first-order valence-corrected chi connectivity index (χ1v) is 4.87. The van der Waals surface area contributed by atoms with E-state index in [1.807, 2.05) is 0 Å². The van der Waals surface area contributed by atoms with E-state index in [0.29, 0.717) is 5.69 Å². The number of β-lactam (4-membered cyclic amide) rings is 1. The van der Waals surface area contributed by atoms with E-state index in [0.717, 1.165) is 6.07 Å². The van der Waals surface area contributed by atoms with Gasteiger partial charge in [0.15, 0.2) is 5.92 Å². The number of aliphatic carboxylic acids is 1. The maximum absolute atomic E-state index is 12.9. The molecule has 0 spiro atoms. The number of carbonyl (C=O) groups excluding carboxylic acids is 1. The van der Waals surface area contributed by atoms with Crippen molar-refractivity contribution in [3.63, 3.8) is 0 Å². The molecule has 16 heavy (non-hydrogen) atoms. The van der Waals surface area contributed by atoms with E-state index in [9.17, 15) is 14.0 Å². The third-order valence-electron chi connectivity index (χ3n) is 2.44. The Morgan fingerprint density at radius 2 is 2.25 bits per heavy atom. The maximum atomic E-state index is 12.9. The molecule has 84 valence electrons. The summed E-state index contributed by atoms with van der Waals surface area (Å²) in [5.41, 5.74) is 0.411. The summed E-state index contributed by atoms with van der Waals surface area (Å²) in [7, 11) is 0. The zero-order valence-electron chi connectivity index (χ0n) is 7.98. The van der Waals surface area contributed by atoms with Crippen molar-refractivity contribution >= 4 is 29.2 Å². The van der Waals surface area contributed by atoms with Crippen molar-refractivity contribution in [2.24, 2.45) is 5.92 Å². The summed E-state index contributed by atoms with van der Waals surface area (Å²) in [6.45, 7) is 0.0934. The molecule has 1 amide bonds. The van der Waals surface area contributed by atoms with Crippen LogP contribution in [0, 0.1) is 11.7 Å². The highest BCUT2D eigenvalue weighted by Gasteiger charge is 2.42. The van der Waals surface area contributed by atoms with Gasteiger partial charge in [-0.05, 0) is 18.2 Å². The summed E-state index contributed by atoms with van der Waals surface area (Å²) in [4.78, 5) is 23.2. The highest BCUT2D eigenvalue weighted by atomic mass is 35.5. The summed E-state index contributed by atoms with van der Waals surface area (Å²) in [5, 5.41) is 8.54. The van der Waals surface area contributed by atoms with Gasteiger partial charge in [0.05, 0.1) is 5.02 Å². The van der Waals surface area contributed by atoms with Crippen LogP contribution in [0.15, 0.2) is 18.2 Å². The molecule has 6 heteroatoms. The van der Waals surface area contributed by atoms with Gasteiger partial charge in [-0.25, -0.2) is 4.39 Å². The van der Waals surface area contributed by atoms with Gasteiger partial charge in [0.25, 0.3) is 0 Å². The third-order valence-corrected chi connectivity index (χ3v) is 2.73. The van der Waals surface area contributed by atoms with Gasteiger partial charge in [-0.1, -0.05) is 11.6 Å². The first-order chi connectivity index (χ1) is 7.50. The number of rotatable bonds is 2. The fraction of sp³-hybridized carbons (Fsp3) is 0.200. The minimum Gasteiger partial charge on any atom is -0.481 e. The third kappa shape index (κ3) is 1.63. The topological polar surface area (TPSA) is 57.6 Å². The second kappa shape index (κ2) is 3.75. The molecule has 1 aliphatic heterocycles. The first-order valence-electron chi connectivity index (χ1n) is 4.50. The Morgan fingerprint density at radius 1 is 1.56 bits per heavy atom. The Hall–Kier alpha value is -1.62. The molecule has 0 aliphatic carbocycles. The zero-order valence-corrected chi connectivity index (χ0v) is 8.74. The number of hydrogen-bond acceptors (Lipinski definition) is 2. The lowest BCUT2D eigenvalue weighted by molar-refractivity contribution is -0.149. The summed E-state index contributed by atoms with van der Waals surface area (Å²) >= 11 is 5.56. The number of hydrogen-bond donors (Lipinski definition) is 1. The second-order valence-corrected chi connectivity index (χ2v) is 3.85. The maximum Gasteiger partial charge on any atom is 0.317 e. The predicted octanol–water partition coefficient (Wildman–Crippen LogP) is 1.53. The Morgan fingerprint density at radius 3 is 2.75 bits per heavy atom. The molecule has 1 N–H and O–H groups in total. The average Bonchev–Trinajstić information content (AvgIpc) is 2.20. The van der Waals surface area contributed by atoms with Crippen LogP contribution in [0.25, 0.3) is 0 Å². The first kappa shape index (κ1) is 10.9. The number of halogens is 2. The number of carbonyl (C=O) groups is 2. The van der Waals surface area contributed by atoms with Gasteiger partial charge >= 0.3 is 5.97 Å². The normalized spacial score (nSPS) is 19.5. The van der Waals surface area contributed by atoms with Crippen molar-refractivity contribution in [2.75, 3.05) is 11.4 Å². The van der Waals surface area contributed by atoms with Crippen LogP contribution in [0.5, 0.6) is 0 Å². The van der Waals surface area contributed by atoms with Crippen LogP contribution in [0.1, 0.15) is 0 Å². The molecule has 1 fully saturated rings. The molecule has 1 atom stereocenters. The van der Waals surface area contributed by atoms with Crippen molar-refractivity contribution in [2.45, 2.75) is 0 Å². The Labute approximate surface area is 95.2 Å². The van der Waals surface area contributed by atoms with Gasteiger partial charge in [-0.15, -0.1) is 0 Å². The molecule has 1 aliphatic rings. The number of carboxylic acids is 1. The minimum absolute atomic E-state index is 0.0934. The van der Waals surface area contributed by atoms with Crippen molar-refractivity contribution in [1.82, 2.24) is 0 Å². The minimum atomic E-state index is -1.14. The van der Waals surface area contributed by atoms with E-state index < -0.39 is 23.6 Å². The summed E-state index contributed by atoms with van der Waals surface area (Å²) in [6, 6.07) is 3.82. The lowest BCUT2D eigenvalue weighted by Crippen LogP contribution is -2.56. The van der Waals surface area contributed by atoms with E-state index in [-0.39, 0.29) is 11.6 Å². The molecule has 1 aromatic carbocycles. The van der Waals surface area contributed by atoms with E-state index in [1.54, 1.807) is 0 Å². The lowest BCUT2D eigenvalue weighted by Gasteiger charge is -2.35. The van der Waals surface area contributed by atoms with Crippen LogP contribution in [-0.2, 0) is 9.59 Å². The summed E-state index contributed by atoms with van der Waals surface area (Å²) < 4.78 is 12.9. The largest absolute Gasteiger partial charge is 0.481 e. The molecule has 0 radical (unpaired) electrons. The van der Waals surface area contributed by atoms with Crippen molar-refractivity contribution < 1.29 is 19.1 Å². The van der Waals surface area contributed by atoms with Gasteiger partial charge < -0.3 is 10.0 Å². The standard InChI is InChI=1S/C10H7ClFNO3/c11-7-3-5(1-2-8(7)12)13-4-6(9(13)14)10(15)16/h1-3,6H,4H2,(H,15,16). The van der Waals surface area contributed by atoms with E-state index >= 15 is 0 Å². The smallest absolute Gasteiger partial charge is 0.317 e. The molecule has 1 aromatic rings. The lowest BCUT2D eigenvalue weighted by atomic mass is 9.98. The molecular formula is C10H7ClFNO3. The fourth-order valence-electron chi connectivity index (χ4n) is 1.50. The van der Waals surface area contributed by atoms with Crippen LogP contribution in [0.3, 0.4) is 0 Å². The predicted molar refractivity (Wildman–Crippen MR) is 54.9 cm³/mol. The molecular weight excluding hydrogens is 237 g/mol.